The van der Waals surface area contributed by atoms with E-state index in [2.05, 4.69) is 39.8 Å². The normalized spacial score (nSPS) is 47.8. The number of allylic oxidation sites excluding steroid dienone is 4. The zero-order valence-electron chi connectivity index (χ0n) is 24.8. The van der Waals surface area contributed by atoms with E-state index in [1.807, 2.05) is 12.2 Å². The van der Waals surface area contributed by atoms with Crippen molar-refractivity contribution in [1.82, 2.24) is 0 Å². The number of esters is 1. The Morgan fingerprint density at radius 2 is 1.98 bits per heavy atom. The molecule has 5 rings (SSSR count). The van der Waals surface area contributed by atoms with Gasteiger partial charge in [-0.25, -0.2) is 4.79 Å². The Hall–Kier alpha value is -1.77. The van der Waals surface area contributed by atoms with Crippen LogP contribution in [0.1, 0.15) is 86.0 Å². The minimum absolute atomic E-state index is 0.123. The number of aliphatic hydroxyl groups excluding tert-OH is 1. The first-order valence-corrected chi connectivity index (χ1v) is 15.3. The van der Waals surface area contributed by atoms with Crippen LogP contribution in [0.15, 0.2) is 47.1 Å². The van der Waals surface area contributed by atoms with Gasteiger partial charge in [-0.2, -0.15) is 0 Å². The van der Waals surface area contributed by atoms with Crippen LogP contribution in [0, 0.1) is 17.8 Å². The second-order valence-corrected chi connectivity index (χ2v) is 13.2. The lowest BCUT2D eigenvalue weighted by molar-refractivity contribution is -0.335. The number of rotatable bonds is 2. The van der Waals surface area contributed by atoms with Gasteiger partial charge >= 0.3 is 5.97 Å². The number of carbonyl (C=O) groups is 1. The van der Waals surface area contributed by atoms with E-state index in [1.54, 1.807) is 0 Å². The lowest BCUT2D eigenvalue weighted by Gasteiger charge is -2.49. The van der Waals surface area contributed by atoms with Gasteiger partial charge in [0.1, 0.15) is 17.8 Å². The average Bonchev–Trinajstić information content (AvgIpc) is 3.30. The van der Waals surface area contributed by atoms with Crippen LogP contribution in [0.5, 0.6) is 0 Å². The maximum absolute atomic E-state index is 13.9. The fraction of sp³-hybridized carbons (Fsp3) is 0.727. The molecule has 2 unspecified atom stereocenters. The van der Waals surface area contributed by atoms with Crippen LogP contribution < -0.4 is 0 Å². The summed E-state index contributed by atoms with van der Waals surface area (Å²) in [5, 5.41) is 21.9. The van der Waals surface area contributed by atoms with Crippen molar-refractivity contribution < 1.29 is 34.0 Å². The van der Waals surface area contributed by atoms with Gasteiger partial charge < -0.3 is 29.2 Å². The molecule has 0 radical (unpaired) electrons. The van der Waals surface area contributed by atoms with E-state index >= 15 is 0 Å². The van der Waals surface area contributed by atoms with Crippen molar-refractivity contribution in [3.05, 3.63) is 47.1 Å². The second-order valence-electron chi connectivity index (χ2n) is 13.2. The van der Waals surface area contributed by atoms with Gasteiger partial charge in [0.2, 0.25) is 0 Å². The first-order chi connectivity index (χ1) is 19.0. The predicted octanol–water partition coefficient (Wildman–Crippen LogP) is 5.31. The van der Waals surface area contributed by atoms with Crippen LogP contribution in [0.2, 0.25) is 0 Å². The SMILES string of the molecule is CCC[C@H]1O[C@]2(CC[C@@H]1C)C[C@@H]1C[C@@H](C/C=C(\C)C[C@@H](C)/C=C/C=C3\COC4C3C(=C[C@@](C)(O)[C@H]4O)C(=O)O1)O2. The quantitative estimate of drug-likeness (QED) is 0.351. The Morgan fingerprint density at radius 1 is 1.18 bits per heavy atom. The van der Waals surface area contributed by atoms with E-state index in [4.69, 9.17) is 18.9 Å². The molecule has 0 saturated carbocycles. The van der Waals surface area contributed by atoms with E-state index < -0.39 is 35.5 Å². The van der Waals surface area contributed by atoms with Gasteiger partial charge in [0, 0.05) is 30.8 Å². The first kappa shape index (κ1) is 29.7. The topological polar surface area (TPSA) is 94.5 Å². The average molecular weight is 557 g/mol. The van der Waals surface area contributed by atoms with E-state index in [0.29, 0.717) is 30.3 Å². The highest BCUT2D eigenvalue weighted by molar-refractivity contribution is 5.91. The summed E-state index contributed by atoms with van der Waals surface area (Å²) in [6, 6.07) is 0. The van der Waals surface area contributed by atoms with Crippen LogP contribution in [-0.4, -0.2) is 64.7 Å². The van der Waals surface area contributed by atoms with Crippen LogP contribution in [0.3, 0.4) is 0 Å². The molecule has 4 aliphatic heterocycles. The maximum Gasteiger partial charge on any atom is 0.334 e. The van der Waals surface area contributed by atoms with Crippen LogP contribution in [0.4, 0.5) is 0 Å². The lowest BCUT2D eigenvalue weighted by Crippen LogP contribution is -2.55. The third-order valence-electron chi connectivity index (χ3n) is 9.50. The standard InChI is InChI=1S/C33H48O7/c1-6-8-27-22(4)13-14-33(40-27)17-25-16-24(39-33)12-11-21(3)15-20(2)9-7-10-23-19-37-29-28(23)26(31(35)38-25)18-32(5,36)30(29)34/h7,9-11,18,20,22,24-25,27-30,34,36H,6,8,12-17,19H2,1-5H3/b9-7+,21-11+,23-10+/t20-,22-,24+,25-,27+,28?,29?,30-,32+,33+/m0/s1. The highest BCUT2D eigenvalue weighted by Crippen LogP contribution is 2.46. The van der Waals surface area contributed by atoms with Crippen molar-refractivity contribution in [3.63, 3.8) is 0 Å². The largest absolute Gasteiger partial charge is 0.459 e. The summed E-state index contributed by atoms with van der Waals surface area (Å²) >= 11 is 0. The summed E-state index contributed by atoms with van der Waals surface area (Å²) in [5.74, 6) is -0.910. The molecule has 0 aromatic heterocycles. The molecule has 3 saturated heterocycles. The molecule has 7 heteroatoms. The predicted molar refractivity (Wildman–Crippen MR) is 152 cm³/mol. The number of hydrogen-bond donors (Lipinski definition) is 2. The van der Waals surface area contributed by atoms with Gasteiger partial charge in [0.15, 0.2) is 5.79 Å². The molecule has 7 nitrogen and oxygen atoms in total. The molecule has 10 atom stereocenters. The van der Waals surface area contributed by atoms with Crippen LogP contribution in [0.25, 0.3) is 0 Å². The smallest absolute Gasteiger partial charge is 0.334 e. The molecule has 1 aliphatic carbocycles. The summed E-state index contributed by atoms with van der Waals surface area (Å²) in [7, 11) is 0. The zero-order chi connectivity index (χ0) is 28.7. The van der Waals surface area contributed by atoms with Gasteiger partial charge in [-0.3, -0.25) is 0 Å². The fourth-order valence-corrected chi connectivity index (χ4v) is 7.29. The maximum atomic E-state index is 13.9. The molecule has 0 aromatic rings. The zero-order valence-corrected chi connectivity index (χ0v) is 24.8. The minimum Gasteiger partial charge on any atom is -0.459 e. The summed E-state index contributed by atoms with van der Waals surface area (Å²) in [4.78, 5) is 13.9. The van der Waals surface area contributed by atoms with E-state index in [1.165, 1.54) is 18.6 Å². The molecule has 222 valence electrons. The minimum atomic E-state index is -1.60. The molecule has 5 aliphatic rings. The third kappa shape index (κ3) is 6.19. The molecule has 0 amide bonds. The monoisotopic (exact) mass is 556 g/mol. The summed E-state index contributed by atoms with van der Waals surface area (Å²) in [6.07, 6.45) is 14.2. The number of ether oxygens (including phenoxy) is 4. The van der Waals surface area contributed by atoms with Crippen molar-refractivity contribution in [3.8, 4) is 0 Å². The van der Waals surface area contributed by atoms with Gasteiger partial charge in [-0.1, -0.05) is 57.1 Å². The Morgan fingerprint density at radius 3 is 2.75 bits per heavy atom. The van der Waals surface area contributed by atoms with E-state index in [9.17, 15) is 15.0 Å². The van der Waals surface area contributed by atoms with Crippen molar-refractivity contribution in [2.45, 2.75) is 128 Å². The van der Waals surface area contributed by atoms with Crippen molar-refractivity contribution >= 4 is 5.97 Å². The molecule has 0 aromatic carbocycles. The van der Waals surface area contributed by atoms with Crippen LogP contribution >= 0.6 is 0 Å². The Labute approximate surface area is 239 Å². The summed E-state index contributed by atoms with van der Waals surface area (Å²) in [5.41, 5.74) is 0.961. The number of aliphatic hydroxyl groups is 2. The third-order valence-corrected chi connectivity index (χ3v) is 9.50. The summed E-state index contributed by atoms with van der Waals surface area (Å²) in [6.45, 7) is 10.6. The Bertz CT molecular complexity index is 1070. The lowest BCUT2D eigenvalue weighted by atomic mass is 9.74. The van der Waals surface area contributed by atoms with Crippen molar-refractivity contribution in [2.24, 2.45) is 17.8 Å². The fourth-order valence-electron chi connectivity index (χ4n) is 7.29. The van der Waals surface area contributed by atoms with Gasteiger partial charge in [0.05, 0.1) is 24.9 Å². The molecule has 2 bridgehead atoms. The first-order valence-electron chi connectivity index (χ1n) is 15.3. The number of carbonyl (C=O) groups excluding carboxylic acids is 1. The van der Waals surface area contributed by atoms with Gasteiger partial charge in [-0.15, -0.1) is 0 Å². The molecule has 2 N–H and O–H groups in total. The van der Waals surface area contributed by atoms with Gasteiger partial charge in [0.25, 0.3) is 0 Å². The molecule has 1 spiro atoms. The molecular weight excluding hydrogens is 508 g/mol. The summed E-state index contributed by atoms with van der Waals surface area (Å²) < 4.78 is 25.7. The van der Waals surface area contributed by atoms with Crippen LogP contribution in [-0.2, 0) is 23.7 Å². The van der Waals surface area contributed by atoms with E-state index in [0.717, 1.165) is 44.1 Å². The molecule has 40 heavy (non-hydrogen) atoms. The van der Waals surface area contributed by atoms with Gasteiger partial charge in [-0.05, 0) is 63.0 Å². The molecule has 3 fully saturated rings. The highest BCUT2D eigenvalue weighted by atomic mass is 16.7. The molecular formula is C33H48O7. The Balaban J connectivity index is 1.50. The number of fused-ring (bicyclic) bond motifs is 2. The highest BCUT2D eigenvalue weighted by Gasteiger charge is 2.53. The second kappa shape index (κ2) is 11.8. The molecule has 4 heterocycles. The van der Waals surface area contributed by atoms with Crippen molar-refractivity contribution in [2.75, 3.05) is 6.61 Å². The number of hydrogen-bond acceptors (Lipinski definition) is 7. The van der Waals surface area contributed by atoms with Crippen molar-refractivity contribution in [1.29, 1.82) is 0 Å². The Kier molecular flexibility index (Phi) is 8.80. The van der Waals surface area contributed by atoms with E-state index in [-0.39, 0.29) is 24.9 Å².